The van der Waals surface area contributed by atoms with Crippen LogP contribution in [-0.2, 0) is 6.54 Å². The quantitative estimate of drug-likeness (QED) is 0.816. The molecule has 0 fully saturated rings. The molecule has 0 aliphatic carbocycles. The lowest BCUT2D eigenvalue weighted by Crippen LogP contribution is -2.33. The molecule has 1 aromatic carbocycles. The molecular formula is C14H22ClN. The number of rotatable bonds is 5. The summed E-state index contributed by atoms with van der Waals surface area (Å²) in [7, 11) is 0. The van der Waals surface area contributed by atoms with E-state index in [-0.39, 0.29) is 0 Å². The molecule has 0 saturated carbocycles. The highest BCUT2D eigenvalue weighted by molar-refractivity contribution is 6.30. The van der Waals surface area contributed by atoms with E-state index in [1.807, 2.05) is 18.2 Å². The third kappa shape index (κ3) is 4.15. The number of hydrogen-bond acceptors (Lipinski definition) is 1. The SMILES string of the molecule is CC(C)C(C)(C)CNCc1cccc(Cl)c1. The van der Waals surface area contributed by atoms with Gasteiger partial charge in [0.05, 0.1) is 0 Å². The molecule has 0 aliphatic heterocycles. The zero-order chi connectivity index (χ0) is 12.2. The van der Waals surface area contributed by atoms with Crippen molar-refractivity contribution in [2.75, 3.05) is 6.54 Å². The normalized spacial score (nSPS) is 12.1. The Hall–Kier alpha value is -0.530. The molecule has 0 atom stereocenters. The number of nitrogens with one attached hydrogen (secondary N) is 1. The molecule has 16 heavy (non-hydrogen) atoms. The van der Waals surface area contributed by atoms with Gasteiger partial charge >= 0.3 is 0 Å². The Kier molecular flexibility index (Phi) is 4.82. The molecule has 0 unspecified atom stereocenters. The second kappa shape index (κ2) is 5.70. The lowest BCUT2D eigenvalue weighted by atomic mass is 9.81. The Morgan fingerprint density at radius 1 is 1.31 bits per heavy atom. The molecule has 0 amide bonds. The van der Waals surface area contributed by atoms with E-state index in [9.17, 15) is 0 Å². The van der Waals surface area contributed by atoms with Crippen molar-refractivity contribution in [1.82, 2.24) is 5.32 Å². The van der Waals surface area contributed by atoms with Crippen LogP contribution in [0.2, 0.25) is 5.02 Å². The number of halogens is 1. The van der Waals surface area contributed by atoms with Crippen molar-refractivity contribution in [2.45, 2.75) is 34.2 Å². The highest BCUT2D eigenvalue weighted by Crippen LogP contribution is 2.24. The van der Waals surface area contributed by atoms with E-state index in [0.29, 0.717) is 11.3 Å². The van der Waals surface area contributed by atoms with Crippen LogP contribution in [0, 0.1) is 11.3 Å². The van der Waals surface area contributed by atoms with Crippen LogP contribution in [0.3, 0.4) is 0 Å². The smallest absolute Gasteiger partial charge is 0.0409 e. The molecule has 0 spiro atoms. The van der Waals surface area contributed by atoms with Crippen LogP contribution in [0.4, 0.5) is 0 Å². The van der Waals surface area contributed by atoms with Crippen molar-refractivity contribution in [2.24, 2.45) is 11.3 Å². The second-order valence-electron chi connectivity index (χ2n) is 5.38. The first-order valence-corrected chi connectivity index (χ1v) is 6.25. The van der Waals surface area contributed by atoms with Gasteiger partial charge in [-0.2, -0.15) is 0 Å². The average Bonchev–Trinajstić information content (AvgIpc) is 2.17. The lowest BCUT2D eigenvalue weighted by Gasteiger charge is -2.29. The van der Waals surface area contributed by atoms with Crippen LogP contribution < -0.4 is 5.32 Å². The fourth-order valence-corrected chi connectivity index (χ4v) is 1.59. The largest absolute Gasteiger partial charge is 0.312 e. The third-order valence-electron chi connectivity index (χ3n) is 3.36. The minimum absolute atomic E-state index is 0.332. The van der Waals surface area contributed by atoms with Crippen molar-refractivity contribution < 1.29 is 0 Å². The predicted octanol–water partition coefficient (Wildman–Crippen LogP) is 4.11. The van der Waals surface area contributed by atoms with Crippen LogP contribution >= 0.6 is 11.6 Å². The van der Waals surface area contributed by atoms with Gasteiger partial charge in [-0.05, 0) is 29.0 Å². The Bertz CT molecular complexity index is 331. The Balaban J connectivity index is 2.42. The molecule has 1 N–H and O–H groups in total. The Morgan fingerprint density at radius 2 is 2.00 bits per heavy atom. The number of hydrogen-bond donors (Lipinski definition) is 1. The highest BCUT2D eigenvalue weighted by atomic mass is 35.5. The van der Waals surface area contributed by atoms with E-state index >= 15 is 0 Å². The van der Waals surface area contributed by atoms with E-state index in [1.165, 1.54) is 5.56 Å². The molecule has 0 heterocycles. The second-order valence-corrected chi connectivity index (χ2v) is 5.81. The Morgan fingerprint density at radius 3 is 2.56 bits per heavy atom. The molecule has 2 heteroatoms. The molecule has 1 rings (SSSR count). The highest BCUT2D eigenvalue weighted by Gasteiger charge is 2.21. The molecule has 1 nitrogen and oxygen atoms in total. The molecule has 1 aromatic rings. The standard InChI is InChI=1S/C14H22ClN/c1-11(2)14(3,4)10-16-9-12-6-5-7-13(15)8-12/h5-8,11,16H,9-10H2,1-4H3. The van der Waals surface area contributed by atoms with Gasteiger partial charge in [-0.1, -0.05) is 51.4 Å². The van der Waals surface area contributed by atoms with Crippen LogP contribution in [0.1, 0.15) is 33.3 Å². The minimum Gasteiger partial charge on any atom is -0.312 e. The van der Waals surface area contributed by atoms with Crippen molar-refractivity contribution >= 4 is 11.6 Å². The molecule has 0 saturated heterocycles. The van der Waals surface area contributed by atoms with Gasteiger partial charge in [0.1, 0.15) is 0 Å². The maximum Gasteiger partial charge on any atom is 0.0409 e. The molecule has 0 aliphatic rings. The van der Waals surface area contributed by atoms with E-state index in [0.717, 1.165) is 18.1 Å². The fourth-order valence-electron chi connectivity index (χ4n) is 1.38. The Labute approximate surface area is 104 Å². The first-order valence-electron chi connectivity index (χ1n) is 5.87. The van der Waals surface area contributed by atoms with Crippen molar-refractivity contribution in [3.8, 4) is 0 Å². The van der Waals surface area contributed by atoms with Crippen LogP contribution in [0.15, 0.2) is 24.3 Å². The summed E-state index contributed by atoms with van der Waals surface area (Å²) in [5, 5.41) is 4.30. The van der Waals surface area contributed by atoms with Crippen molar-refractivity contribution in [3.63, 3.8) is 0 Å². The molecule has 90 valence electrons. The summed E-state index contributed by atoms with van der Waals surface area (Å²) >= 11 is 5.94. The average molecular weight is 240 g/mol. The zero-order valence-electron chi connectivity index (χ0n) is 10.7. The van der Waals surface area contributed by atoms with Gasteiger partial charge in [-0.3, -0.25) is 0 Å². The van der Waals surface area contributed by atoms with Gasteiger partial charge in [0.2, 0.25) is 0 Å². The van der Waals surface area contributed by atoms with Gasteiger partial charge in [0, 0.05) is 18.1 Å². The van der Waals surface area contributed by atoms with Gasteiger partial charge in [0.15, 0.2) is 0 Å². The maximum atomic E-state index is 5.94. The van der Waals surface area contributed by atoms with Crippen LogP contribution in [0.5, 0.6) is 0 Å². The van der Waals surface area contributed by atoms with Gasteiger partial charge in [-0.15, -0.1) is 0 Å². The summed E-state index contributed by atoms with van der Waals surface area (Å²) in [4.78, 5) is 0. The van der Waals surface area contributed by atoms with Gasteiger partial charge in [0.25, 0.3) is 0 Å². The van der Waals surface area contributed by atoms with Crippen LogP contribution in [-0.4, -0.2) is 6.54 Å². The molecule has 0 aromatic heterocycles. The van der Waals surface area contributed by atoms with Crippen molar-refractivity contribution in [1.29, 1.82) is 0 Å². The summed E-state index contributed by atoms with van der Waals surface area (Å²) in [6, 6.07) is 8.01. The van der Waals surface area contributed by atoms with Gasteiger partial charge < -0.3 is 5.32 Å². The summed E-state index contributed by atoms with van der Waals surface area (Å²) in [6.07, 6.45) is 0. The predicted molar refractivity (Wildman–Crippen MR) is 71.8 cm³/mol. The monoisotopic (exact) mass is 239 g/mol. The third-order valence-corrected chi connectivity index (χ3v) is 3.60. The van der Waals surface area contributed by atoms with E-state index in [2.05, 4.69) is 39.1 Å². The number of benzene rings is 1. The molecular weight excluding hydrogens is 218 g/mol. The first-order chi connectivity index (χ1) is 7.42. The minimum atomic E-state index is 0.332. The fraction of sp³-hybridized carbons (Fsp3) is 0.571. The maximum absolute atomic E-state index is 5.94. The first kappa shape index (κ1) is 13.5. The summed E-state index contributed by atoms with van der Waals surface area (Å²) in [5.41, 5.74) is 1.57. The van der Waals surface area contributed by atoms with E-state index in [1.54, 1.807) is 0 Å². The lowest BCUT2D eigenvalue weighted by molar-refractivity contribution is 0.238. The topological polar surface area (TPSA) is 12.0 Å². The molecule has 0 radical (unpaired) electrons. The zero-order valence-corrected chi connectivity index (χ0v) is 11.4. The van der Waals surface area contributed by atoms with Crippen LogP contribution in [0.25, 0.3) is 0 Å². The summed E-state index contributed by atoms with van der Waals surface area (Å²) in [6.45, 7) is 11.0. The van der Waals surface area contributed by atoms with Crippen molar-refractivity contribution in [3.05, 3.63) is 34.9 Å². The summed E-state index contributed by atoms with van der Waals surface area (Å²) in [5.74, 6) is 0.680. The van der Waals surface area contributed by atoms with E-state index < -0.39 is 0 Å². The van der Waals surface area contributed by atoms with E-state index in [4.69, 9.17) is 11.6 Å². The van der Waals surface area contributed by atoms with Gasteiger partial charge in [-0.25, -0.2) is 0 Å². The summed E-state index contributed by atoms with van der Waals surface area (Å²) < 4.78 is 0. The molecule has 0 bridgehead atoms.